The van der Waals surface area contributed by atoms with Crippen LogP contribution in [-0.4, -0.2) is 52.8 Å². The number of nitrogens with zero attached hydrogens (tertiary/aromatic N) is 2. The molecule has 0 bridgehead atoms. The summed E-state index contributed by atoms with van der Waals surface area (Å²) in [6.07, 6.45) is 7.46. The van der Waals surface area contributed by atoms with Gasteiger partial charge in [-0.15, -0.1) is 0 Å². The standard InChI is InChI=1S/C24H26N2O6S2/c1-25-22-10-6-17(7-11-22)24(18-8-12-23(13-9-18)26(2)3)19-4-5-20(15-33(27,28)29)21(14-19)16-34(30,31)32/h4-14H,15-16H2,1-3H3,(H,27,28,29)(H,30,31,32)/p-1. The van der Waals surface area contributed by atoms with E-state index in [1.54, 1.807) is 13.1 Å². The van der Waals surface area contributed by atoms with Crippen LogP contribution in [0.25, 0.3) is 5.57 Å². The van der Waals surface area contributed by atoms with Crippen LogP contribution < -0.4 is 4.90 Å². The largest absolute Gasteiger partial charge is 0.748 e. The maximum atomic E-state index is 11.5. The molecule has 8 nitrogen and oxygen atoms in total. The average Bonchev–Trinajstić information content (AvgIpc) is 2.74. The van der Waals surface area contributed by atoms with Crippen molar-refractivity contribution in [1.29, 1.82) is 0 Å². The normalized spacial score (nSPS) is 13.8. The fraction of sp³-hybridized carbons (Fsp3) is 0.208. The van der Waals surface area contributed by atoms with Crippen molar-refractivity contribution in [2.24, 2.45) is 4.99 Å². The van der Waals surface area contributed by atoms with Crippen molar-refractivity contribution >= 4 is 37.2 Å². The van der Waals surface area contributed by atoms with E-state index in [9.17, 15) is 25.9 Å². The maximum Gasteiger partial charge on any atom is 0.269 e. The van der Waals surface area contributed by atoms with Crippen molar-refractivity contribution in [2.45, 2.75) is 11.5 Å². The third-order valence-corrected chi connectivity index (χ3v) is 6.59. The quantitative estimate of drug-likeness (QED) is 0.577. The summed E-state index contributed by atoms with van der Waals surface area (Å²) in [5.41, 5.74) is 4.86. The van der Waals surface area contributed by atoms with Crippen molar-refractivity contribution in [2.75, 3.05) is 26.0 Å². The van der Waals surface area contributed by atoms with Crippen LogP contribution in [0.5, 0.6) is 0 Å². The van der Waals surface area contributed by atoms with Gasteiger partial charge in [-0.05, 0) is 63.8 Å². The minimum Gasteiger partial charge on any atom is -0.748 e. The second-order valence-electron chi connectivity index (χ2n) is 8.00. The average molecular weight is 502 g/mol. The Morgan fingerprint density at radius 1 is 0.882 bits per heavy atom. The van der Waals surface area contributed by atoms with Gasteiger partial charge in [0.2, 0.25) is 0 Å². The highest BCUT2D eigenvalue weighted by molar-refractivity contribution is 7.85. The van der Waals surface area contributed by atoms with Gasteiger partial charge in [0.25, 0.3) is 10.1 Å². The summed E-state index contributed by atoms with van der Waals surface area (Å²) in [5, 5.41) is 0. The number of hydrogen-bond acceptors (Lipinski definition) is 7. The van der Waals surface area contributed by atoms with Gasteiger partial charge in [0.1, 0.15) is 5.75 Å². The molecule has 0 heterocycles. The Labute approximate surface area is 200 Å². The molecule has 34 heavy (non-hydrogen) atoms. The molecule has 0 amide bonds. The zero-order valence-corrected chi connectivity index (χ0v) is 20.6. The van der Waals surface area contributed by atoms with Gasteiger partial charge in [0, 0.05) is 26.8 Å². The van der Waals surface area contributed by atoms with E-state index in [0.717, 1.165) is 28.1 Å². The summed E-state index contributed by atoms with van der Waals surface area (Å²) in [7, 11) is -3.60. The van der Waals surface area contributed by atoms with Crippen molar-refractivity contribution in [3.05, 3.63) is 94.6 Å². The highest BCUT2D eigenvalue weighted by Crippen LogP contribution is 2.32. The molecule has 2 aromatic carbocycles. The molecule has 0 spiro atoms. The van der Waals surface area contributed by atoms with Gasteiger partial charge in [0.15, 0.2) is 0 Å². The predicted octanol–water partition coefficient (Wildman–Crippen LogP) is 3.18. The summed E-state index contributed by atoms with van der Waals surface area (Å²) < 4.78 is 66.7. The SMILES string of the molecule is CN=C1C=CC(=C(c2ccc(N(C)C)cc2)c2ccc(CS(=O)(=O)O)c(CS(=O)(=O)[O-])c2)C=C1. The summed E-state index contributed by atoms with van der Waals surface area (Å²) in [4.78, 5) is 6.11. The lowest BCUT2D eigenvalue weighted by Crippen LogP contribution is -2.10. The van der Waals surface area contributed by atoms with Crippen molar-refractivity contribution in [3.8, 4) is 0 Å². The maximum absolute atomic E-state index is 11.5. The number of rotatable bonds is 7. The highest BCUT2D eigenvalue weighted by Gasteiger charge is 2.17. The first-order valence-electron chi connectivity index (χ1n) is 10.2. The van der Waals surface area contributed by atoms with Crippen LogP contribution in [0, 0.1) is 0 Å². The van der Waals surface area contributed by atoms with Crippen LogP contribution in [-0.2, 0) is 31.7 Å². The number of benzene rings is 2. The van der Waals surface area contributed by atoms with Crippen LogP contribution in [0.4, 0.5) is 5.69 Å². The predicted molar refractivity (Wildman–Crippen MR) is 134 cm³/mol. The lowest BCUT2D eigenvalue weighted by molar-refractivity contribution is 0.461. The minimum atomic E-state index is -4.70. The number of anilines is 1. The van der Waals surface area contributed by atoms with Crippen LogP contribution in [0.3, 0.4) is 0 Å². The molecule has 0 radical (unpaired) electrons. The molecule has 0 unspecified atom stereocenters. The molecule has 1 N–H and O–H groups in total. The fourth-order valence-electron chi connectivity index (χ4n) is 3.65. The van der Waals surface area contributed by atoms with Gasteiger partial charge >= 0.3 is 0 Å². The molecule has 0 aromatic heterocycles. The van der Waals surface area contributed by atoms with Gasteiger partial charge in [-0.25, -0.2) is 8.42 Å². The third kappa shape index (κ3) is 6.73. The van der Waals surface area contributed by atoms with E-state index in [0.29, 0.717) is 5.56 Å². The Kier molecular flexibility index (Phi) is 7.57. The molecule has 0 saturated carbocycles. The Bertz CT molecular complexity index is 1400. The molecule has 1 aliphatic carbocycles. The summed E-state index contributed by atoms with van der Waals surface area (Å²) in [6.45, 7) is 0. The minimum absolute atomic E-state index is 0.0210. The first kappa shape index (κ1) is 25.6. The topological polar surface area (TPSA) is 127 Å². The summed E-state index contributed by atoms with van der Waals surface area (Å²) >= 11 is 0. The van der Waals surface area contributed by atoms with Gasteiger partial charge in [-0.1, -0.05) is 36.4 Å². The first-order chi connectivity index (χ1) is 15.9. The molecule has 1 aliphatic rings. The first-order valence-corrected chi connectivity index (χ1v) is 13.4. The summed E-state index contributed by atoms with van der Waals surface area (Å²) in [5.74, 6) is -1.69. The molecule has 0 saturated heterocycles. The fourth-order valence-corrected chi connectivity index (χ4v) is 4.97. The van der Waals surface area contributed by atoms with Crippen LogP contribution in [0.2, 0.25) is 0 Å². The van der Waals surface area contributed by atoms with E-state index >= 15 is 0 Å². The van der Waals surface area contributed by atoms with Crippen LogP contribution in [0.1, 0.15) is 22.3 Å². The van der Waals surface area contributed by atoms with Gasteiger partial charge in [-0.2, -0.15) is 8.42 Å². The number of aliphatic imine (C=N–C) groups is 1. The van der Waals surface area contributed by atoms with Crippen molar-refractivity contribution < 1.29 is 25.9 Å². The highest BCUT2D eigenvalue weighted by atomic mass is 32.2. The lowest BCUT2D eigenvalue weighted by atomic mass is 9.89. The van der Waals surface area contributed by atoms with Crippen molar-refractivity contribution in [3.63, 3.8) is 0 Å². The van der Waals surface area contributed by atoms with E-state index in [1.165, 1.54) is 12.1 Å². The van der Waals surface area contributed by atoms with Crippen LogP contribution in [0.15, 0.2) is 77.3 Å². The second-order valence-corrected chi connectivity index (χ2v) is 10.9. The van der Waals surface area contributed by atoms with Crippen LogP contribution >= 0.6 is 0 Å². The molecule has 0 fully saturated rings. The zero-order chi connectivity index (χ0) is 25.1. The number of hydrogen-bond donors (Lipinski definition) is 1. The van der Waals surface area contributed by atoms with E-state index < -0.39 is 31.7 Å². The molecule has 180 valence electrons. The molecule has 2 aromatic rings. The smallest absolute Gasteiger partial charge is 0.269 e. The molecule has 3 rings (SSSR count). The van der Waals surface area contributed by atoms with Gasteiger partial charge < -0.3 is 9.45 Å². The summed E-state index contributed by atoms with van der Waals surface area (Å²) in [6, 6.07) is 12.3. The second kappa shape index (κ2) is 10.1. The molecular weight excluding hydrogens is 476 g/mol. The Morgan fingerprint density at radius 3 is 1.97 bits per heavy atom. The Morgan fingerprint density at radius 2 is 1.47 bits per heavy atom. The lowest BCUT2D eigenvalue weighted by Gasteiger charge is -2.19. The monoisotopic (exact) mass is 501 g/mol. The third-order valence-electron chi connectivity index (χ3n) is 5.25. The van der Waals surface area contributed by atoms with Gasteiger partial charge in [-0.3, -0.25) is 9.55 Å². The molecule has 0 aliphatic heterocycles. The van der Waals surface area contributed by atoms with E-state index in [4.69, 9.17) is 0 Å². The van der Waals surface area contributed by atoms with Crippen molar-refractivity contribution in [1.82, 2.24) is 0 Å². The molecule has 0 atom stereocenters. The van der Waals surface area contributed by atoms with E-state index in [1.807, 2.05) is 67.6 Å². The molecule has 10 heteroatoms. The molecular formula is C24H25N2O6S2-. The Balaban J connectivity index is 2.23. The number of allylic oxidation sites excluding steroid dienone is 5. The van der Waals surface area contributed by atoms with E-state index in [2.05, 4.69) is 4.99 Å². The van der Waals surface area contributed by atoms with E-state index in [-0.39, 0.29) is 11.1 Å². The Hall–Kier alpha value is -3.05. The zero-order valence-electron chi connectivity index (χ0n) is 19.0. The van der Waals surface area contributed by atoms with Gasteiger partial charge in [0.05, 0.1) is 21.6 Å².